The summed E-state index contributed by atoms with van der Waals surface area (Å²) in [7, 11) is -7.99. The normalized spacial score (nSPS) is 20.7. The maximum absolute atomic E-state index is 11.1. The molecule has 5 atom stereocenters. The Kier molecular flexibility index (Phi) is 17.4. The molecule has 14 heteroatoms. The molecule has 5 unspecified atom stereocenters. The van der Waals surface area contributed by atoms with Crippen LogP contribution >= 0.6 is 62.0 Å². The highest BCUT2D eigenvalue weighted by atomic mass is 35.5. The van der Waals surface area contributed by atoms with Crippen molar-refractivity contribution in [3.05, 3.63) is 0 Å². The standard InChI is InChI=1S/2C6H13Cl2O4P/c1-5(8)4-11-13(9,10)12-6(2)3-7;1-5(3-7)11-13(9,10)12-6(2)4-8/h2*5-6H,3-4H2,1-2H3,(H,9,10). The van der Waals surface area contributed by atoms with Crippen LogP contribution in [0.5, 0.6) is 0 Å². The first-order valence-electron chi connectivity index (χ1n) is 7.45. The fourth-order valence-corrected chi connectivity index (χ4v) is 3.73. The summed E-state index contributed by atoms with van der Waals surface area (Å²) in [4.78, 5) is 18.2. The molecule has 0 saturated carbocycles. The van der Waals surface area contributed by atoms with Gasteiger partial charge in [-0.25, -0.2) is 9.13 Å². The first-order chi connectivity index (χ1) is 11.8. The van der Waals surface area contributed by atoms with Crippen LogP contribution in [0.4, 0.5) is 0 Å². The Labute approximate surface area is 174 Å². The summed E-state index contributed by atoms with van der Waals surface area (Å²) < 4.78 is 40.7. The highest BCUT2D eigenvalue weighted by Gasteiger charge is 2.26. The van der Waals surface area contributed by atoms with E-state index >= 15 is 0 Å². The molecular weight excluding hydrogens is 476 g/mol. The summed E-state index contributed by atoms with van der Waals surface area (Å²) in [5.74, 6) is 0.386. The van der Waals surface area contributed by atoms with Gasteiger partial charge >= 0.3 is 15.6 Å². The minimum absolute atomic E-state index is 0.0374. The third-order valence-electron chi connectivity index (χ3n) is 2.06. The Morgan fingerprint density at radius 1 is 0.769 bits per heavy atom. The second kappa shape index (κ2) is 15.3. The van der Waals surface area contributed by atoms with Crippen LogP contribution in [0.3, 0.4) is 0 Å². The van der Waals surface area contributed by atoms with Crippen LogP contribution < -0.4 is 0 Å². The first-order valence-corrected chi connectivity index (χ1v) is 12.5. The molecule has 26 heavy (non-hydrogen) atoms. The lowest BCUT2D eigenvalue weighted by Gasteiger charge is -2.18. The third-order valence-corrected chi connectivity index (χ3v) is 5.84. The number of phosphoric acid groups is 2. The van der Waals surface area contributed by atoms with Crippen molar-refractivity contribution in [1.82, 2.24) is 0 Å². The van der Waals surface area contributed by atoms with Crippen molar-refractivity contribution in [3.8, 4) is 0 Å². The number of hydrogen-bond acceptors (Lipinski definition) is 6. The van der Waals surface area contributed by atoms with Crippen LogP contribution in [-0.2, 0) is 27.2 Å². The number of alkyl halides is 4. The third kappa shape index (κ3) is 18.7. The maximum Gasteiger partial charge on any atom is 0.472 e. The van der Waals surface area contributed by atoms with E-state index in [0.29, 0.717) is 0 Å². The smallest absolute Gasteiger partial charge is 0.302 e. The molecule has 0 aromatic heterocycles. The lowest BCUT2D eigenvalue weighted by molar-refractivity contribution is 0.100. The molecule has 0 aromatic rings. The molecule has 0 aliphatic heterocycles. The van der Waals surface area contributed by atoms with Gasteiger partial charge < -0.3 is 9.79 Å². The van der Waals surface area contributed by atoms with Crippen molar-refractivity contribution >= 4 is 62.0 Å². The second-order valence-electron chi connectivity index (χ2n) is 5.22. The quantitative estimate of drug-likeness (QED) is 0.291. The van der Waals surface area contributed by atoms with Crippen LogP contribution in [0.25, 0.3) is 0 Å². The fourth-order valence-electron chi connectivity index (χ4n) is 1.02. The van der Waals surface area contributed by atoms with Crippen LogP contribution in [0.2, 0.25) is 0 Å². The summed E-state index contributed by atoms with van der Waals surface area (Å²) in [6.07, 6.45) is -1.58. The monoisotopic (exact) mass is 500 g/mol. The van der Waals surface area contributed by atoms with E-state index in [0.717, 1.165) is 0 Å². The van der Waals surface area contributed by atoms with E-state index in [4.69, 9.17) is 56.2 Å². The molecule has 0 radical (unpaired) electrons. The largest absolute Gasteiger partial charge is 0.472 e. The van der Waals surface area contributed by atoms with Crippen molar-refractivity contribution in [3.63, 3.8) is 0 Å². The number of rotatable bonds is 12. The van der Waals surface area contributed by atoms with E-state index in [1.165, 1.54) is 0 Å². The zero-order chi connectivity index (χ0) is 21.0. The van der Waals surface area contributed by atoms with Gasteiger partial charge in [0.2, 0.25) is 0 Å². The van der Waals surface area contributed by atoms with Gasteiger partial charge in [-0.3, -0.25) is 18.1 Å². The lowest BCUT2D eigenvalue weighted by atomic mass is 10.5. The summed E-state index contributed by atoms with van der Waals surface area (Å²) in [6.45, 7) is 6.33. The van der Waals surface area contributed by atoms with E-state index in [-0.39, 0.29) is 29.6 Å². The topological polar surface area (TPSA) is 112 Å². The minimum atomic E-state index is -4.01. The van der Waals surface area contributed by atoms with Gasteiger partial charge in [0.1, 0.15) is 0 Å². The van der Waals surface area contributed by atoms with E-state index < -0.39 is 34.0 Å². The Morgan fingerprint density at radius 2 is 1.08 bits per heavy atom. The van der Waals surface area contributed by atoms with Gasteiger partial charge in [-0.1, -0.05) is 0 Å². The van der Waals surface area contributed by atoms with Crippen molar-refractivity contribution in [2.24, 2.45) is 0 Å². The number of halogens is 4. The van der Waals surface area contributed by atoms with Crippen molar-refractivity contribution in [1.29, 1.82) is 0 Å². The molecule has 0 rings (SSSR count). The highest BCUT2D eigenvalue weighted by Crippen LogP contribution is 2.46. The van der Waals surface area contributed by atoms with Crippen LogP contribution in [-0.4, -0.2) is 57.7 Å². The second-order valence-corrected chi connectivity index (χ2v) is 9.66. The van der Waals surface area contributed by atoms with Crippen molar-refractivity contribution in [2.45, 2.75) is 51.4 Å². The Bertz CT molecular complexity index is 441. The van der Waals surface area contributed by atoms with Gasteiger partial charge in [-0.2, -0.15) is 0 Å². The van der Waals surface area contributed by atoms with Crippen LogP contribution in [0.15, 0.2) is 0 Å². The fraction of sp³-hybridized carbons (Fsp3) is 1.00. The molecule has 0 aromatic carbocycles. The number of phosphoric ester groups is 2. The molecule has 160 valence electrons. The molecule has 0 fully saturated rings. The first kappa shape index (κ1) is 29.6. The number of hydrogen-bond donors (Lipinski definition) is 2. The summed E-state index contributed by atoms with van der Waals surface area (Å²) in [6, 6.07) is 0. The van der Waals surface area contributed by atoms with E-state index in [1.54, 1.807) is 27.7 Å². The Morgan fingerprint density at radius 3 is 1.35 bits per heavy atom. The molecule has 0 heterocycles. The molecular formula is C12H26Cl4O8P2. The molecule has 0 spiro atoms. The lowest BCUT2D eigenvalue weighted by Crippen LogP contribution is -2.14. The summed E-state index contributed by atoms with van der Waals surface area (Å²) >= 11 is 21.7. The van der Waals surface area contributed by atoms with Crippen LogP contribution in [0, 0.1) is 0 Å². The summed E-state index contributed by atoms with van der Waals surface area (Å²) in [5, 5.41) is -0.338. The predicted octanol–water partition coefficient (Wildman–Crippen LogP) is 4.75. The average Bonchev–Trinajstić information content (AvgIpc) is 2.52. The van der Waals surface area contributed by atoms with Gasteiger partial charge in [0.25, 0.3) is 0 Å². The van der Waals surface area contributed by atoms with Gasteiger partial charge in [0.15, 0.2) is 0 Å². The van der Waals surface area contributed by atoms with Gasteiger partial charge in [0.05, 0.1) is 30.3 Å². The molecule has 8 nitrogen and oxygen atoms in total. The van der Waals surface area contributed by atoms with Crippen LogP contribution in [0.1, 0.15) is 27.7 Å². The van der Waals surface area contributed by atoms with Gasteiger partial charge in [-0.05, 0) is 27.7 Å². The molecule has 0 aliphatic carbocycles. The highest BCUT2D eigenvalue weighted by molar-refractivity contribution is 7.47. The zero-order valence-corrected chi connectivity index (χ0v) is 19.7. The van der Waals surface area contributed by atoms with E-state index in [2.05, 4.69) is 18.1 Å². The predicted molar refractivity (Wildman–Crippen MR) is 105 cm³/mol. The average molecular weight is 502 g/mol. The molecule has 0 amide bonds. The van der Waals surface area contributed by atoms with Gasteiger partial charge in [-0.15, -0.1) is 46.4 Å². The van der Waals surface area contributed by atoms with Gasteiger partial charge in [0, 0.05) is 17.6 Å². The van der Waals surface area contributed by atoms with E-state index in [9.17, 15) is 9.13 Å². The molecule has 2 N–H and O–H groups in total. The minimum Gasteiger partial charge on any atom is -0.302 e. The zero-order valence-electron chi connectivity index (χ0n) is 14.9. The van der Waals surface area contributed by atoms with Crippen molar-refractivity contribution < 1.29 is 37.0 Å². The SMILES string of the molecule is CC(CCl)OP(=O)(O)OC(C)CCl.CC(Cl)COP(=O)(O)OC(C)CCl. The van der Waals surface area contributed by atoms with Crippen molar-refractivity contribution in [2.75, 3.05) is 24.2 Å². The summed E-state index contributed by atoms with van der Waals surface area (Å²) in [5.41, 5.74) is 0. The molecule has 0 aliphatic rings. The molecule has 0 saturated heterocycles. The molecule has 0 bridgehead atoms. The Hall–Kier alpha value is 1.38. The Balaban J connectivity index is 0. The maximum atomic E-state index is 11.1. The van der Waals surface area contributed by atoms with E-state index in [1.807, 2.05) is 0 Å².